The van der Waals surface area contributed by atoms with Crippen molar-refractivity contribution in [2.75, 3.05) is 0 Å². The highest BCUT2D eigenvalue weighted by atomic mass is 32.2. The molecule has 0 aliphatic heterocycles. The minimum Gasteiger partial charge on any atom is -0.378 e. The molecule has 0 aromatic heterocycles. The minimum absolute atomic E-state index is 0.0760. The number of nitrogens with one attached hydrogen (secondary N) is 1. The SMILES string of the molecule is CCCCCCCCC(=O)NN=Cc1ccccc1OS(=O)(=O)c1ccc(C)cc1. The summed E-state index contributed by atoms with van der Waals surface area (Å²) >= 11 is 0. The molecular formula is C23H30N2O4S. The summed E-state index contributed by atoms with van der Waals surface area (Å²) in [5, 5.41) is 3.95. The summed E-state index contributed by atoms with van der Waals surface area (Å²) in [5.74, 6) is -0.0144. The number of hydrazone groups is 1. The molecule has 0 atom stereocenters. The van der Waals surface area contributed by atoms with Crippen molar-refractivity contribution >= 4 is 22.2 Å². The first-order valence-corrected chi connectivity index (χ1v) is 11.8. The Morgan fingerprint density at radius 2 is 1.67 bits per heavy atom. The van der Waals surface area contributed by atoms with Gasteiger partial charge in [0.15, 0.2) is 5.75 Å². The zero-order chi connectivity index (χ0) is 21.8. The van der Waals surface area contributed by atoms with E-state index in [0.717, 1.165) is 24.8 Å². The van der Waals surface area contributed by atoms with Crippen molar-refractivity contribution in [3.63, 3.8) is 0 Å². The summed E-state index contributed by atoms with van der Waals surface area (Å²) in [6, 6.07) is 13.1. The van der Waals surface area contributed by atoms with Gasteiger partial charge in [-0.05, 0) is 37.6 Å². The van der Waals surface area contributed by atoms with Crippen molar-refractivity contribution in [2.24, 2.45) is 5.10 Å². The van der Waals surface area contributed by atoms with Crippen LogP contribution in [0.5, 0.6) is 5.75 Å². The van der Waals surface area contributed by atoms with E-state index >= 15 is 0 Å². The Balaban J connectivity index is 1.92. The third-order valence-electron chi connectivity index (χ3n) is 4.58. The monoisotopic (exact) mass is 430 g/mol. The van der Waals surface area contributed by atoms with Gasteiger partial charge in [-0.1, -0.05) is 68.9 Å². The zero-order valence-electron chi connectivity index (χ0n) is 17.6. The van der Waals surface area contributed by atoms with Crippen molar-refractivity contribution in [3.8, 4) is 5.75 Å². The number of hydrogen-bond acceptors (Lipinski definition) is 5. The molecule has 0 spiro atoms. The van der Waals surface area contributed by atoms with E-state index < -0.39 is 10.1 Å². The molecule has 0 radical (unpaired) electrons. The standard InChI is InChI=1S/C23H30N2O4S/c1-3-4-5-6-7-8-13-23(26)25-24-18-20-11-9-10-12-22(20)29-30(27,28)21-16-14-19(2)15-17-21/h9-12,14-18H,3-8,13H2,1-2H3,(H,25,26). The van der Waals surface area contributed by atoms with Crippen molar-refractivity contribution in [1.29, 1.82) is 0 Å². The number of nitrogens with zero attached hydrogens (tertiary/aromatic N) is 1. The van der Waals surface area contributed by atoms with Crippen LogP contribution >= 0.6 is 0 Å². The van der Waals surface area contributed by atoms with E-state index in [-0.39, 0.29) is 16.6 Å². The maximum atomic E-state index is 12.5. The third-order valence-corrected chi connectivity index (χ3v) is 5.83. The number of amides is 1. The molecule has 1 N–H and O–H groups in total. The van der Waals surface area contributed by atoms with Crippen LogP contribution in [0.2, 0.25) is 0 Å². The number of carbonyl (C=O) groups is 1. The van der Waals surface area contributed by atoms with Crippen LogP contribution in [0, 0.1) is 6.92 Å². The maximum Gasteiger partial charge on any atom is 0.339 e. The summed E-state index contributed by atoms with van der Waals surface area (Å²) in [6.45, 7) is 4.05. The van der Waals surface area contributed by atoms with Gasteiger partial charge in [-0.25, -0.2) is 5.43 Å². The number of carbonyl (C=O) groups excluding carboxylic acids is 1. The fraction of sp³-hybridized carbons (Fsp3) is 0.391. The van der Waals surface area contributed by atoms with E-state index in [9.17, 15) is 13.2 Å². The Morgan fingerprint density at radius 1 is 1.00 bits per heavy atom. The summed E-state index contributed by atoms with van der Waals surface area (Å²) < 4.78 is 30.3. The average molecular weight is 431 g/mol. The lowest BCUT2D eigenvalue weighted by Crippen LogP contribution is -2.17. The molecule has 7 heteroatoms. The highest BCUT2D eigenvalue weighted by molar-refractivity contribution is 7.87. The number of para-hydroxylation sites is 1. The largest absolute Gasteiger partial charge is 0.378 e. The van der Waals surface area contributed by atoms with E-state index in [1.807, 2.05) is 6.92 Å². The molecule has 0 unspecified atom stereocenters. The Kier molecular flexibility index (Phi) is 9.54. The normalized spacial score (nSPS) is 11.5. The molecule has 0 heterocycles. The molecule has 0 aliphatic carbocycles. The van der Waals surface area contributed by atoms with Gasteiger partial charge >= 0.3 is 10.1 Å². The van der Waals surface area contributed by atoms with Crippen LogP contribution < -0.4 is 9.61 Å². The molecule has 30 heavy (non-hydrogen) atoms. The van der Waals surface area contributed by atoms with Crippen LogP contribution in [0.4, 0.5) is 0 Å². The highest BCUT2D eigenvalue weighted by Gasteiger charge is 2.17. The van der Waals surface area contributed by atoms with Crippen LogP contribution in [-0.2, 0) is 14.9 Å². The fourth-order valence-electron chi connectivity index (χ4n) is 2.83. The summed E-state index contributed by atoms with van der Waals surface area (Å²) in [6.07, 6.45) is 8.46. The molecule has 0 fully saturated rings. The molecule has 0 saturated heterocycles. The molecule has 2 rings (SSSR count). The van der Waals surface area contributed by atoms with Gasteiger partial charge in [-0.15, -0.1) is 0 Å². The van der Waals surface area contributed by atoms with Gasteiger partial charge in [0.05, 0.1) is 6.21 Å². The second kappa shape index (κ2) is 12.1. The zero-order valence-corrected chi connectivity index (χ0v) is 18.5. The van der Waals surface area contributed by atoms with Crippen molar-refractivity contribution in [2.45, 2.75) is 63.7 Å². The first kappa shape index (κ1) is 23.6. The molecule has 0 saturated carbocycles. The summed E-state index contributed by atoms with van der Waals surface area (Å²) in [4.78, 5) is 12.0. The number of unbranched alkanes of at least 4 members (excludes halogenated alkanes) is 5. The van der Waals surface area contributed by atoms with Crippen LogP contribution in [-0.4, -0.2) is 20.5 Å². The number of aryl methyl sites for hydroxylation is 1. The summed E-state index contributed by atoms with van der Waals surface area (Å²) in [5.41, 5.74) is 3.90. The molecule has 162 valence electrons. The number of rotatable bonds is 12. The van der Waals surface area contributed by atoms with Crippen LogP contribution in [0.25, 0.3) is 0 Å². The topological polar surface area (TPSA) is 84.8 Å². The highest BCUT2D eigenvalue weighted by Crippen LogP contribution is 2.22. The van der Waals surface area contributed by atoms with Gasteiger partial charge in [0.25, 0.3) is 0 Å². The molecular weight excluding hydrogens is 400 g/mol. The second-order valence-electron chi connectivity index (χ2n) is 7.20. The van der Waals surface area contributed by atoms with E-state index in [0.29, 0.717) is 12.0 Å². The van der Waals surface area contributed by atoms with Gasteiger partial charge in [0.1, 0.15) is 4.90 Å². The van der Waals surface area contributed by atoms with Crippen LogP contribution in [0.1, 0.15) is 63.0 Å². The second-order valence-corrected chi connectivity index (χ2v) is 8.75. The third kappa shape index (κ3) is 7.99. The number of hydrogen-bond donors (Lipinski definition) is 1. The minimum atomic E-state index is -3.96. The molecule has 0 aliphatic rings. The maximum absolute atomic E-state index is 12.5. The molecule has 2 aromatic rings. The predicted octanol–water partition coefficient (Wildman–Crippen LogP) is 4.96. The molecule has 1 amide bonds. The van der Waals surface area contributed by atoms with Gasteiger partial charge in [0.2, 0.25) is 5.91 Å². The van der Waals surface area contributed by atoms with E-state index in [4.69, 9.17) is 4.18 Å². The Labute approximate surface area is 179 Å². The van der Waals surface area contributed by atoms with Crippen molar-refractivity contribution < 1.29 is 17.4 Å². The van der Waals surface area contributed by atoms with Crippen LogP contribution in [0.15, 0.2) is 58.5 Å². The van der Waals surface area contributed by atoms with Crippen molar-refractivity contribution in [3.05, 3.63) is 59.7 Å². The molecule has 6 nitrogen and oxygen atoms in total. The first-order valence-electron chi connectivity index (χ1n) is 10.3. The lowest BCUT2D eigenvalue weighted by molar-refractivity contribution is -0.121. The first-order chi connectivity index (χ1) is 14.4. The molecule has 0 bridgehead atoms. The Bertz CT molecular complexity index is 938. The van der Waals surface area contributed by atoms with Crippen molar-refractivity contribution in [1.82, 2.24) is 5.43 Å². The lowest BCUT2D eigenvalue weighted by atomic mass is 10.1. The average Bonchev–Trinajstić information content (AvgIpc) is 2.72. The Morgan fingerprint density at radius 3 is 2.40 bits per heavy atom. The van der Waals surface area contributed by atoms with E-state index in [1.165, 1.54) is 37.6 Å². The fourth-order valence-corrected chi connectivity index (χ4v) is 3.78. The van der Waals surface area contributed by atoms with Gasteiger partial charge in [-0.2, -0.15) is 13.5 Å². The quantitative estimate of drug-likeness (QED) is 0.223. The van der Waals surface area contributed by atoms with Crippen LogP contribution in [0.3, 0.4) is 0 Å². The van der Waals surface area contributed by atoms with Gasteiger partial charge < -0.3 is 4.18 Å². The predicted molar refractivity (Wildman–Crippen MR) is 119 cm³/mol. The smallest absolute Gasteiger partial charge is 0.339 e. The molecule has 2 aromatic carbocycles. The lowest BCUT2D eigenvalue weighted by Gasteiger charge is -2.09. The van der Waals surface area contributed by atoms with E-state index in [1.54, 1.807) is 36.4 Å². The van der Waals surface area contributed by atoms with E-state index in [2.05, 4.69) is 17.5 Å². The number of benzene rings is 2. The Hall–Kier alpha value is -2.67. The summed E-state index contributed by atoms with van der Waals surface area (Å²) in [7, 11) is -3.96. The van der Waals surface area contributed by atoms with Gasteiger partial charge in [0, 0.05) is 12.0 Å². The van der Waals surface area contributed by atoms with Gasteiger partial charge in [-0.3, -0.25) is 4.79 Å².